The van der Waals surface area contributed by atoms with Crippen LogP contribution in [0.25, 0.3) is 10.9 Å². The van der Waals surface area contributed by atoms with Gasteiger partial charge in [0.1, 0.15) is 0 Å². The number of rotatable bonds is 4. The number of aliphatic hydroxyl groups excluding tert-OH is 1. The van der Waals surface area contributed by atoms with E-state index in [0.717, 1.165) is 36.1 Å². The molecule has 1 aliphatic heterocycles. The molecule has 4 nitrogen and oxygen atoms in total. The number of fused-ring (bicyclic) bond motifs is 1. The van der Waals surface area contributed by atoms with Crippen molar-refractivity contribution in [1.82, 2.24) is 9.88 Å². The molecule has 0 spiro atoms. The van der Waals surface area contributed by atoms with E-state index in [-0.39, 0.29) is 18.8 Å². The van der Waals surface area contributed by atoms with Crippen LogP contribution in [0.3, 0.4) is 0 Å². The average Bonchev–Trinajstić information content (AvgIpc) is 2.89. The van der Waals surface area contributed by atoms with Crippen LogP contribution in [-0.4, -0.2) is 47.4 Å². The van der Waals surface area contributed by atoms with Crippen LogP contribution in [0.1, 0.15) is 12.1 Å². The maximum Gasteiger partial charge on any atom is 0.0714 e. The summed E-state index contributed by atoms with van der Waals surface area (Å²) in [5.74, 6) is 0. The van der Waals surface area contributed by atoms with Gasteiger partial charge in [0.15, 0.2) is 0 Å². The van der Waals surface area contributed by atoms with E-state index in [0.29, 0.717) is 0 Å². The SMILES string of the molecule is CO[C@@H]1C[C@@H](CO)N(Cc2ccc3ccccc3n2)C1. The number of hydrogen-bond acceptors (Lipinski definition) is 4. The lowest BCUT2D eigenvalue weighted by Crippen LogP contribution is -2.32. The van der Waals surface area contributed by atoms with E-state index in [1.165, 1.54) is 0 Å². The molecule has 2 aromatic rings. The van der Waals surface area contributed by atoms with Crippen LogP contribution in [-0.2, 0) is 11.3 Å². The van der Waals surface area contributed by atoms with Gasteiger partial charge in [-0.3, -0.25) is 9.88 Å². The van der Waals surface area contributed by atoms with Gasteiger partial charge in [0, 0.05) is 31.6 Å². The second-order valence-corrected chi connectivity index (χ2v) is 5.35. The molecule has 20 heavy (non-hydrogen) atoms. The maximum atomic E-state index is 9.48. The highest BCUT2D eigenvalue weighted by atomic mass is 16.5. The van der Waals surface area contributed by atoms with Crippen molar-refractivity contribution in [3.63, 3.8) is 0 Å². The number of ether oxygens (including phenoxy) is 1. The van der Waals surface area contributed by atoms with E-state index >= 15 is 0 Å². The quantitative estimate of drug-likeness (QED) is 0.922. The number of para-hydroxylation sites is 1. The van der Waals surface area contributed by atoms with Gasteiger partial charge in [0.25, 0.3) is 0 Å². The third-order valence-corrected chi connectivity index (χ3v) is 4.05. The highest BCUT2D eigenvalue weighted by molar-refractivity contribution is 5.78. The van der Waals surface area contributed by atoms with Crippen molar-refractivity contribution in [3.8, 4) is 0 Å². The molecular weight excluding hydrogens is 252 g/mol. The number of hydrogen-bond donors (Lipinski definition) is 1. The van der Waals surface area contributed by atoms with Crippen molar-refractivity contribution < 1.29 is 9.84 Å². The first-order chi connectivity index (χ1) is 9.80. The van der Waals surface area contributed by atoms with Crippen LogP contribution in [0.5, 0.6) is 0 Å². The smallest absolute Gasteiger partial charge is 0.0714 e. The van der Waals surface area contributed by atoms with Crippen molar-refractivity contribution in [1.29, 1.82) is 0 Å². The normalized spacial score (nSPS) is 23.5. The first-order valence-electron chi connectivity index (χ1n) is 7.02. The monoisotopic (exact) mass is 272 g/mol. The van der Waals surface area contributed by atoms with Gasteiger partial charge in [-0.2, -0.15) is 0 Å². The molecule has 1 saturated heterocycles. The Bertz CT molecular complexity index is 587. The molecule has 1 aromatic heterocycles. The largest absolute Gasteiger partial charge is 0.395 e. The molecule has 1 N–H and O–H groups in total. The zero-order valence-corrected chi connectivity index (χ0v) is 11.7. The van der Waals surface area contributed by atoms with Crippen molar-refractivity contribution in [2.24, 2.45) is 0 Å². The van der Waals surface area contributed by atoms with Crippen molar-refractivity contribution >= 4 is 10.9 Å². The Labute approximate surface area is 119 Å². The Kier molecular flexibility index (Phi) is 3.96. The molecule has 0 amide bonds. The highest BCUT2D eigenvalue weighted by Crippen LogP contribution is 2.22. The van der Waals surface area contributed by atoms with Gasteiger partial charge in [0.05, 0.1) is 23.9 Å². The van der Waals surface area contributed by atoms with E-state index in [4.69, 9.17) is 9.72 Å². The molecule has 3 rings (SSSR count). The molecule has 0 unspecified atom stereocenters. The zero-order valence-electron chi connectivity index (χ0n) is 11.7. The average molecular weight is 272 g/mol. The lowest BCUT2D eigenvalue weighted by atomic mass is 10.2. The van der Waals surface area contributed by atoms with Crippen molar-refractivity contribution in [2.75, 3.05) is 20.3 Å². The molecule has 0 bridgehead atoms. The molecule has 1 aromatic carbocycles. The first-order valence-corrected chi connectivity index (χ1v) is 7.02. The van der Waals surface area contributed by atoms with Crippen molar-refractivity contribution in [3.05, 3.63) is 42.1 Å². The summed E-state index contributed by atoms with van der Waals surface area (Å²) in [5, 5.41) is 10.6. The summed E-state index contributed by atoms with van der Waals surface area (Å²) in [6.45, 7) is 1.79. The summed E-state index contributed by atoms with van der Waals surface area (Å²) in [7, 11) is 1.73. The fourth-order valence-electron chi connectivity index (χ4n) is 2.90. The Balaban J connectivity index is 1.78. The van der Waals surface area contributed by atoms with Gasteiger partial charge in [-0.15, -0.1) is 0 Å². The lowest BCUT2D eigenvalue weighted by molar-refractivity contribution is 0.107. The topological polar surface area (TPSA) is 45.6 Å². The Morgan fingerprint density at radius 3 is 2.95 bits per heavy atom. The Morgan fingerprint density at radius 1 is 1.30 bits per heavy atom. The number of aromatic nitrogens is 1. The minimum Gasteiger partial charge on any atom is -0.395 e. The molecular formula is C16H20N2O2. The number of aliphatic hydroxyl groups is 1. The number of benzene rings is 1. The highest BCUT2D eigenvalue weighted by Gasteiger charge is 2.31. The summed E-state index contributed by atoms with van der Waals surface area (Å²) in [6.07, 6.45) is 1.10. The van der Waals surface area contributed by atoms with Gasteiger partial charge in [-0.05, 0) is 18.6 Å². The van der Waals surface area contributed by atoms with E-state index in [2.05, 4.69) is 23.1 Å². The molecule has 1 fully saturated rings. The van der Waals surface area contributed by atoms with Gasteiger partial charge in [0.2, 0.25) is 0 Å². The molecule has 4 heteroatoms. The molecule has 0 saturated carbocycles. The minimum atomic E-state index is 0.174. The van der Waals surface area contributed by atoms with Crippen LogP contribution < -0.4 is 0 Å². The molecule has 106 valence electrons. The van der Waals surface area contributed by atoms with Crippen LogP contribution in [0, 0.1) is 0 Å². The predicted octanol–water partition coefficient (Wildman–Crippen LogP) is 1.82. The summed E-state index contributed by atoms with van der Waals surface area (Å²) >= 11 is 0. The number of nitrogens with zero attached hydrogens (tertiary/aromatic N) is 2. The summed E-state index contributed by atoms with van der Waals surface area (Å²) in [4.78, 5) is 6.95. The van der Waals surface area contributed by atoms with E-state index in [1.807, 2.05) is 18.2 Å². The van der Waals surface area contributed by atoms with Gasteiger partial charge < -0.3 is 9.84 Å². The number of methoxy groups -OCH3 is 1. The molecule has 2 heterocycles. The fraction of sp³-hybridized carbons (Fsp3) is 0.438. The standard InChI is InChI=1S/C16H20N2O2/c1-20-15-8-14(11-19)18(10-15)9-13-7-6-12-4-2-3-5-16(12)17-13/h2-7,14-15,19H,8-11H2,1H3/t14-,15+/m0/s1. The second kappa shape index (κ2) is 5.87. The van der Waals surface area contributed by atoms with E-state index in [1.54, 1.807) is 7.11 Å². The summed E-state index contributed by atoms with van der Waals surface area (Å²) < 4.78 is 5.41. The van der Waals surface area contributed by atoms with Gasteiger partial charge in [-0.25, -0.2) is 0 Å². The van der Waals surface area contributed by atoms with Crippen molar-refractivity contribution in [2.45, 2.75) is 25.1 Å². The minimum absolute atomic E-state index is 0.174. The third kappa shape index (κ3) is 2.68. The summed E-state index contributed by atoms with van der Waals surface area (Å²) in [6, 6.07) is 12.5. The third-order valence-electron chi connectivity index (χ3n) is 4.05. The fourth-order valence-corrected chi connectivity index (χ4v) is 2.90. The van der Waals surface area contributed by atoms with Crippen LogP contribution in [0.15, 0.2) is 36.4 Å². The van der Waals surface area contributed by atoms with Gasteiger partial charge in [-0.1, -0.05) is 24.3 Å². The summed E-state index contributed by atoms with van der Waals surface area (Å²) in [5.41, 5.74) is 2.06. The predicted molar refractivity (Wildman–Crippen MR) is 78.4 cm³/mol. The maximum absolute atomic E-state index is 9.48. The van der Waals surface area contributed by atoms with Crippen LogP contribution in [0.2, 0.25) is 0 Å². The lowest BCUT2D eigenvalue weighted by Gasteiger charge is -2.21. The first kappa shape index (κ1) is 13.5. The Hall–Kier alpha value is -1.49. The van der Waals surface area contributed by atoms with Gasteiger partial charge >= 0.3 is 0 Å². The van der Waals surface area contributed by atoms with Crippen LogP contribution in [0.4, 0.5) is 0 Å². The van der Waals surface area contributed by atoms with E-state index in [9.17, 15) is 5.11 Å². The molecule has 1 aliphatic rings. The molecule has 2 atom stereocenters. The van der Waals surface area contributed by atoms with E-state index < -0.39 is 0 Å². The Morgan fingerprint density at radius 2 is 2.15 bits per heavy atom. The zero-order chi connectivity index (χ0) is 13.9. The molecule has 0 aliphatic carbocycles. The molecule has 0 radical (unpaired) electrons. The number of pyridine rings is 1. The van der Waals surface area contributed by atoms with Crippen LogP contribution >= 0.6 is 0 Å². The number of likely N-dealkylation sites (tertiary alicyclic amines) is 1. The second-order valence-electron chi connectivity index (χ2n) is 5.35.